The van der Waals surface area contributed by atoms with Gasteiger partial charge in [-0.3, -0.25) is 4.79 Å². The number of benzene rings is 1. The van der Waals surface area contributed by atoms with Gasteiger partial charge in [-0.1, -0.05) is 6.08 Å². The highest BCUT2D eigenvalue weighted by Crippen LogP contribution is 2.37. The van der Waals surface area contributed by atoms with Crippen molar-refractivity contribution in [3.63, 3.8) is 0 Å². The van der Waals surface area contributed by atoms with Crippen LogP contribution >= 0.6 is 0 Å². The van der Waals surface area contributed by atoms with Gasteiger partial charge in [-0.2, -0.15) is 0 Å². The lowest BCUT2D eigenvalue weighted by atomic mass is 9.77. The average Bonchev–Trinajstić information content (AvgIpc) is 2.65. The van der Waals surface area contributed by atoms with Crippen molar-refractivity contribution < 1.29 is 34.0 Å². The molecule has 154 valence electrons. The van der Waals surface area contributed by atoms with Crippen molar-refractivity contribution in [2.45, 2.75) is 38.9 Å². The SMILES string of the molecule is CC=CC1=CC2=C(CO1)C(=O)[C@](C)(O)[C@@H](OC(=O)c1c(C)cc(OC)cc1O)C2. The van der Waals surface area contributed by atoms with Crippen molar-refractivity contribution in [3.8, 4) is 11.5 Å². The number of carbonyl (C=O) groups is 2. The van der Waals surface area contributed by atoms with Gasteiger partial charge < -0.3 is 24.4 Å². The molecule has 0 spiro atoms. The molecule has 0 aromatic heterocycles. The van der Waals surface area contributed by atoms with E-state index < -0.39 is 23.5 Å². The fourth-order valence-electron chi connectivity index (χ4n) is 3.52. The lowest BCUT2D eigenvalue weighted by Crippen LogP contribution is -2.53. The molecule has 0 unspecified atom stereocenters. The Kier molecular flexibility index (Phi) is 5.53. The molecule has 7 heteroatoms. The number of hydrogen-bond acceptors (Lipinski definition) is 7. The number of ketones is 1. The Morgan fingerprint density at radius 1 is 1.38 bits per heavy atom. The van der Waals surface area contributed by atoms with Crippen LogP contribution in [0.1, 0.15) is 36.2 Å². The molecule has 2 N–H and O–H groups in total. The number of rotatable bonds is 4. The number of allylic oxidation sites excluding steroid dienone is 3. The minimum Gasteiger partial charge on any atom is -0.507 e. The van der Waals surface area contributed by atoms with Crippen LogP contribution in [0.25, 0.3) is 0 Å². The molecule has 29 heavy (non-hydrogen) atoms. The van der Waals surface area contributed by atoms with Gasteiger partial charge in [0, 0.05) is 18.1 Å². The van der Waals surface area contributed by atoms with E-state index in [9.17, 15) is 19.8 Å². The quantitative estimate of drug-likeness (QED) is 0.749. The summed E-state index contributed by atoms with van der Waals surface area (Å²) >= 11 is 0. The Morgan fingerprint density at radius 2 is 2.10 bits per heavy atom. The zero-order valence-electron chi connectivity index (χ0n) is 16.8. The van der Waals surface area contributed by atoms with Gasteiger partial charge in [0.25, 0.3) is 0 Å². The number of hydrogen-bond donors (Lipinski definition) is 2. The molecule has 0 fully saturated rings. The summed E-state index contributed by atoms with van der Waals surface area (Å²) in [6, 6.07) is 2.89. The van der Waals surface area contributed by atoms with Crippen LogP contribution in [-0.2, 0) is 14.3 Å². The summed E-state index contributed by atoms with van der Waals surface area (Å²) in [6.07, 6.45) is 4.33. The Labute approximate surface area is 168 Å². The number of aliphatic hydroxyl groups is 1. The van der Waals surface area contributed by atoms with E-state index in [-0.39, 0.29) is 24.3 Å². The molecular formula is C22H24O7. The number of Topliss-reactive ketones (excluding diaryl/α,β-unsaturated/α-hetero) is 1. The topological polar surface area (TPSA) is 102 Å². The Hall–Kier alpha value is -3.06. The molecular weight excluding hydrogens is 376 g/mol. The van der Waals surface area contributed by atoms with E-state index in [1.807, 2.05) is 13.0 Å². The predicted molar refractivity (Wildman–Crippen MR) is 105 cm³/mol. The maximum atomic E-state index is 12.8. The van der Waals surface area contributed by atoms with Gasteiger partial charge in [0.1, 0.15) is 35.5 Å². The average molecular weight is 400 g/mol. The van der Waals surface area contributed by atoms with E-state index in [4.69, 9.17) is 14.2 Å². The summed E-state index contributed by atoms with van der Waals surface area (Å²) in [4.78, 5) is 25.6. The van der Waals surface area contributed by atoms with Crippen LogP contribution in [0, 0.1) is 6.92 Å². The van der Waals surface area contributed by atoms with Crippen molar-refractivity contribution in [1.82, 2.24) is 0 Å². The fraction of sp³-hybridized carbons (Fsp3) is 0.364. The molecule has 0 bridgehead atoms. The van der Waals surface area contributed by atoms with Gasteiger partial charge in [0.2, 0.25) is 0 Å². The molecule has 0 amide bonds. The maximum absolute atomic E-state index is 12.8. The van der Waals surface area contributed by atoms with Crippen molar-refractivity contribution >= 4 is 11.8 Å². The van der Waals surface area contributed by atoms with Crippen LogP contribution in [0.3, 0.4) is 0 Å². The van der Waals surface area contributed by atoms with Crippen molar-refractivity contribution in [2.24, 2.45) is 0 Å². The molecule has 2 aliphatic rings. The number of methoxy groups -OCH3 is 1. The number of aryl methyl sites for hydroxylation is 1. The number of ether oxygens (including phenoxy) is 3. The van der Waals surface area contributed by atoms with E-state index in [1.165, 1.54) is 20.1 Å². The molecule has 1 aliphatic heterocycles. The van der Waals surface area contributed by atoms with Gasteiger partial charge in [0.15, 0.2) is 11.4 Å². The van der Waals surface area contributed by atoms with Gasteiger partial charge in [-0.25, -0.2) is 4.79 Å². The van der Waals surface area contributed by atoms with E-state index >= 15 is 0 Å². The highest BCUT2D eigenvalue weighted by molar-refractivity contribution is 6.05. The monoisotopic (exact) mass is 400 g/mol. The Balaban J connectivity index is 1.91. The third-order valence-corrected chi connectivity index (χ3v) is 5.16. The molecule has 0 radical (unpaired) electrons. The molecule has 1 aromatic rings. The number of carbonyl (C=O) groups excluding carboxylic acids is 2. The summed E-state index contributed by atoms with van der Waals surface area (Å²) < 4.78 is 16.1. The first-order valence-corrected chi connectivity index (χ1v) is 9.24. The van der Waals surface area contributed by atoms with E-state index in [2.05, 4.69) is 0 Å². The van der Waals surface area contributed by atoms with Gasteiger partial charge in [0.05, 0.1) is 7.11 Å². The second kappa shape index (κ2) is 7.75. The number of aromatic hydroxyl groups is 1. The lowest BCUT2D eigenvalue weighted by molar-refractivity contribution is -0.146. The van der Waals surface area contributed by atoms with Gasteiger partial charge >= 0.3 is 5.97 Å². The zero-order chi connectivity index (χ0) is 21.3. The lowest BCUT2D eigenvalue weighted by Gasteiger charge is -2.38. The maximum Gasteiger partial charge on any atom is 0.342 e. The summed E-state index contributed by atoms with van der Waals surface area (Å²) in [5, 5.41) is 21.0. The second-order valence-corrected chi connectivity index (χ2v) is 7.25. The highest BCUT2D eigenvalue weighted by Gasteiger charge is 2.48. The van der Waals surface area contributed by atoms with Crippen molar-refractivity contribution in [2.75, 3.05) is 13.7 Å². The van der Waals surface area contributed by atoms with Gasteiger partial charge in [-0.05, 0) is 50.1 Å². The molecule has 1 aliphatic carbocycles. The van der Waals surface area contributed by atoms with Crippen LogP contribution < -0.4 is 4.74 Å². The molecule has 0 saturated carbocycles. The van der Waals surface area contributed by atoms with E-state index in [0.29, 0.717) is 28.2 Å². The van der Waals surface area contributed by atoms with E-state index in [0.717, 1.165) is 0 Å². The third-order valence-electron chi connectivity index (χ3n) is 5.16. The Morgan fingerprint density at radius 3 is 2.72 bits per heavy atom. The van der Waals surface area contributed by atoms with Crippen LogP contribution in [0.2, 0.25) is 0 Å². The zero-order valence-corrected chi connectivity index (χ0v) is 16.8. The summed E-state index contributed by atoms with van der Waals surface area (Å²) in [7, 11) is 1.45. The molecule has 3 rings (SSSR count). The van der Waals surface area contributed by atoms with Crippen LogP contribution in [0.4, 0.5) is 0 Å². The minimum absolute atomic E-state index is 0.0362. The molecule has 7 nitrogen and oxygen atoms in total. The number of esters is 1. The fourth-order valence-corrected chi connectivity index (χ4v) is 3.52. The van der Waals surface area contributed by atoms with Crippen LogP contribution in [-0.4, -0.2) is 47.4 Å². The first-order chi connectivity index (χ1) is 13.7. The van der Waals surface area contributed by atoms with Gasteiger partial charge in [-0.15, -0.1) is 0 Å². The summed E-state index contributed by atoms with van der Waals surface area (Å²) in [6.45, 7) is 4.86. The second-order valence-electron chi connectivity index (χ2n) is 7.25. The largest absolute Gasteiger partial charge is 0.507 e. The highest BCUT2D eigenvalue weighted by atomic mass is 16.6. The summed E-state index contributed by atoms with van der Waals surface area (Å²) in [5.74, 6) is -0.670. The van der Waals surface area contributed by atoms with Crippen molar-refractivity contribution in [1.29, 1.82) is 0 Å². The van der Waals surface area contributed by atoms with E-state index in [1.54, 1.807) is 25.1 Å². The minimum atomic E-state index is -1.90. The number of phenolic OH excluding ortho intramolecular Hbond substituents is 1. The number of phenols is 1. The summed E-state index contributed by atoms with van der Waals surface area (Å²) in [5.41, 5.74) is -0.450. The first kappa shape index (κ1) is 20.7. The van der Waals surface area contributed by atoms with Crippen LogP contribution in [0.15, 0.2) is 47.3 Å². The predicted octanol–water partition coefficient (Wildman–Crippen LogP) is 2.75. The Bertz CT molecular complexity index is 927. The van der Waals surface area contributed by atoms with Crippen LogP contribution in [0.5, 0.6) is 11.5 Å². The van der Waals surface area contributed by atoms with Crippen molar-refractivity contribution in [3.05, 3.63) is 58.4 Å². The standard InChI is InChI=1S/C22H24O7/c1-5-6-14-8-13-9-18(22(3,26)20(24)16(13)11-28-14)29-21(25)19-12(2)7-15(27-4)10-17(19)23/h5-8,10,18,23,26H,9,11H2,1-4H3/t18-,22+/m0/s1. The molecule has 1 aromatic carbocycles. The molecule has 0 saturated heterocycles. The molecule has 1 heterocycles. The smallest absolute Gasteiger partial charge is 0.342 e. The molecule has 2 atom stereocenters. The third kappa shape index (κ3) is 3.78. The first-order valence-electron chi connectivity index (χ1n) is 9.24. The normalized spacial score (nSPS) is 24.1.